The van der Waals surface area contributed by atoms with Crippen LogP contribution in [0.4, 0.5) is 0 Å². The van der Waals surface area contributed by atoms with E-state index in [0.717, 1.165) is 6.42 Å². The standard InChI is InChI=1S/C10H12O2/c11-10-3-1-2-8-4-5-12-7-9(8)6-10/h2,4-5,9H,1,3,6-7H2. The molecule has 2 heteroatoms. The minimum Gasteiger partial charge on any atom is -0.501 e. The molecule has 64 valence electrons. The van der Waals surface area contributed by atoms with Gasteiger partial charge >= 0.3 is 0 Å². The van der Waals surface area contributed by atoms with Gasteiger partial charge in [-0.15, -0.1) is 0 Å². The van der Waals surface area contributed by atoms with E-state index in [1.807, 2.05) is 6.08 Å². The molecule has 0 amide bonds. The van der Waals surface area contributed by atoms with Gasteiger partial charge in [0.25, 0.3) is 0 Å². The zero-order valence-corrected chi connectivity index (χ0v) is 6.95. The van der Waals surface area contributed by atoms with E-state index in [1.54, 1.807) is 6.26 Å². The second-order valence-corrected chi connectivity index (χ2v) is 3.32. The third-order valence-electron chi connectivity index (χ3n) is 2.40. The third kappa shape index (κ3) is 1.42. The van der Waals surface area contributed by atoms with Gasteiger partial charge in [-0.25, -0.2) is 0 Å². The Hall–Kier alpha value is -1.05. The molecule has 1 heterocycles. The monoisotopic (exact) mass is 164 g/mol. The predicted octanol–water partition coefficient (Wildman–Crippen LogP) is 1.83. The van der Waals surface area contributed by atoms with Crippen LogP contribution in [-0.4, -0.2) is 12.4 Å². The summed E-state index contributed by atoms with van der Waals surface area (Å²) in [6.45, 7) is 0.675. The molecular formula is C10H12O2. The topological polar surface area (TPSA) is 26.3 Å². The molecule has 0 aromatic carbocycles. The van der Waals surface area contributed by atoms with E-state index in [2.05, 4.69) is 6.08 Å². The first-order valence-electron chi connectivity index (χ1n) is 4.36. The van der Waals surface area contributed by atoms with Crippen molar-refractivity contribution in [3.63, 3.8) is 0 Å². The molecule has 2 nitrogen and oxygen atoms in total. The van der Waals surface area contributed by atoms with Crippen LogP contribution in [0.2, 0.25) is 0 Å². The normalized spacial score (nSPS) is 28.5. The summed E-state index contributed by atoms with van der Waals surface area (Å²) >= 11 is 0. The zero-order chi connectivity index (χ0) is 8.39. The van der Waals surface area contributed by atoms with Gasteiger partial charge in [0.2, 0.25) is 0 Å². The van der Waals surface area contributed by atoms with Crippen LogP contribution >= 0.6 is 0 Å². The van der Waals surface area contributed by atoms with E-state index in [9.17, 15) is 4.79 Å². The van der Waals surface area contributed by atoms with Gasteiger partial charge in [-0.05, 0) is 18.1 Å². The predicted molar refractivity (Wildman–Crippen MR) is 45.5 cm³/mol. The maximum absolute atomic E-state index is 11.2. The van der Waals surface area contributed by atoms with Crippen LogP contribution in [-0.2, 0) is 9.53 Å². The minimum absolute atomic E-state index is 0.324. The van der Waals surface area contributed by atoms with E-state index in [1.165, 1.54) is 5.57 Å². The third-order valence-corrected chi connectivity index (χ3v) is 2.40. The fourth-order valence-electron chi connectivity index (χ4n) is 1.72. The molecule has 2 aliphatic rings. The molecule has 0 spiro atoms. The smallest absolute Gasteiger partial charge is 0.133 e. The molecule has 0 N–H and O–H groups in total. The minimum atomic E-state index is 0.324. The van der Waals surface area contributed by atoms with Crippen molar-refractivity contribution in [3.8, 4) is 0 Å². The summed E-state index contributed by atoms with van der Waals surface area (Å²) in [6, 6.07) is 0. The lowest BCUT2D eigenvalue weighted by molar-refractivity contribution is -0.119. The van der Waals surface area contributed by atoms with Crippen molar-refractivity contribution >= 4 is 5.78 Å². The van der Waals surface area contributed by atoms with Crippen molar-refractivity contribution < 1.29 is 9.53 Å². The highest BCUT2D eigenvalue weighted by atomic mass is 16.5. The largest absolute Gasteiger partial charge is 0.501 e. The maximum atomic E-state index is 11.2. The van der Waals surface area contributed by atoms with Crippen LogP contribution in [0.25, 0.3) is 0 Å². The number of hydrogen-bond acceptors (Lipinski definition) is 2. The SMILES string of the molecule is O=C1CCC=C2C=COCC2C1. The average Bonchev–Trinajstić information content (AvgIpc) is 2.25. The van der Waals surface area contributed by atoms with Gasteiger partial charge in [-0.3, -0.25) is 4.79 Å². The molecule has 0 saturated heterocycles. The Balaban J connectivity index is 2.20. The van der Waals surface area contributed by atoms with Crippen LogP contribution in [0, 0.1) is 5.92 Å². The van der Waals surface area contributed by atoms with Crippen molar-refractivity contribution in [2.75, 3.05) is 6.61 Å². The zero-order valence-electron chi connectivity index (χ0n) is 6.95. The first-order valence-corrected chi connectivity index (χ1v) is 4.36. The molecule has 1 aliphatic heterocycles. The molecule has 1 unspecified atom stereocenters. The van der Waals surface area contributed by atoms with Crippen molar-refractivity contribution in [3.05, 3.63) is 24.0 Å². The van der Waals surface area contributed by atoms with Crippen LogP contribution < -0.4 is 0 Å². The number of ether oxygens (including phenoxy) is 1. The van der Waals surface area contributed by atoms with Gasteiger partial charge in [-0.1, -0.05) is 6.08 Å². The molecule has 0 aromatic heterocycles. The number of Topliss-reactive ketones (excluding diaryl/α,β-unsaturated/α-hetero) is 1. The first kappa shape index (κ1) is 7.59. The lowest BCUT2D eigenvalue weighted by Crippen LogP contribution is -2.15. The highest BCUT2D eigenvalue weighted by Crippen LogP contribution is 2.26. The van der Waals surface area contributed by atoms with Gasteiger partial charge in [-0.2, -0.15) is 0 Å². The summed E-state index contributed by atoms with van der Waals surface area (Å²) in [4.78, 5) is 11.2. The second kappa shape index (κ2) is 3.13. The fourth-order valence-corrected chi connectivity index (χ4v) is 1.72. The van der Waals surface area contributed by atoms with Crippen LogP contribution in [0.15, 0.2) is 24.0 Å². The van der Waals surface area contributed by atoms with Crippen LogP contribution in [0.5, 0.6) is 0 Å². The van der Waals surface area contributed by atoms with Crippen molar-refractivity contribution in [1.29, 1.82) is 0 Å². The maximum Gasteiger partial charge on any atom is 0.133 e. The van der Waals surface area contributed by atoms with Crippen molar-refractivity contribution in [2.45, 2.75) is 19.3 Å². The lowest BCUT2D eigenvalue weighted by atomic mass is 9.95. The van der Waals surface area contributed by atoms with E-state index >= 15 is 0 Å². The highest BCUT2D eigenvalue weighted by Gasteiger charge is 2.21. The van der Waals surface area contributed by atoms with Gasteiger partial charge < -0.3 is 4.74 Å². The van der Waals surface area contributed by atoms with E-state index < -0.39 is 0 Å². The van der Waals surface area contributed by atoms with Gasteiger partial charge in [0, 0.05) is 18.8 Å². The average molecular weight is 164 g/mol. The quantitative estimate of drug-likeness (QED) is 0.546. The first-order chi connectivity index (χ1) is 5.86. The molecule has 1 atom stereocenters. The van der Waals surface area contributed by atoms with Gasteiger partial charge in [0.15, 0.2) is 0 Å². The number of ketones is 1. The summed E-state index contributed by atoms with van der Waals surface area (Å²) in [5, 5.41) is 0. The van der Waals surface area contributed by atoms with Gasteiger partial charge in [0.1, 0.15) is 5.78 Å². The molecule has 1 aliphatic carbocycles. The van der Waals surface area contributed by atoms with Crippen molar-refractivity contribution in [1.82, 2.24) is 0 Å². The fraction of sp³-hybridized carbons (Fsp3) is 0.500. The highest BCUT2D eigenvalue weighted by molar-refractivity contribution is 5.79. The number of carbonyl (C=O) groups excluding carboxylic acids is 1. The molecule has 0 aromatic rings. The number of rotatable bonds is 0. The Labute approximate surface area is 71.9 Å². The number of fused-ring (bicyclic) bond motifs is 1. The Bertz CT molecular complexity index is 251. The summed E-state index contributed by atoms with van der Waals surface area (Å²) in [6.07, 6.45) is 8.12. The molecular weight excluding hydrogens is 152 g/mol. The number of allylic oxidation sites excluding steroid dienone is 2. The molecule has 0 radical (unpaired) electrons. The van der Waals surface area contributed by atoms with Crippen LogP contribution in [0.1, 0.15) is 19.3 Å². The summed E-state index contributed by atoms with van der Waals surface area (Å²) in [5.41, 5.74) is 1.28. The van der Waals surface area contributed by atoms with E-state index in [4.69, 9.17) is 4.74 Å². The lowest BCUT2D eigenvalue weighted by Gasteiger charge is -2.19. The summed E-state index contributed by atoms with van der Waals surface area (Å²) < 4.78 is 5.17. The molecule has 0 fully saturated rings. The Kier molecular flexibility index (Phi) is 1.98. The summed E-state index contributed by atoms with van der Waals surface area (Å²) in [7, 11) is 0. The van der Waals surface area contributed by atoms with Crippen LogP contribution in [0.3, 0.4) is 0 Å². The Morgan fingerprint density at radius 1 is 1.50 bits per heavy atom. The van der Waals surface area contributed by atoms with Crippen molar-refractivity contribution in [2.24, 2.45) is 5.92 Å². The number of carbonyl (C=O) groups is 1. The number of hydrogen-bond donors (Lipinski definition) is 0. The molecule has 0 saturated carbocycles. The van der Waals surface area contributed by atoms with E-state index in [-0.39, 0.29) is 0 Å². The Morgan fingerprint density at radius 3 is 3.33 bits per heavy atom. The molecule has 0 bridgehead atoms. The molecule has 2 rings (SSSR count). The van der Waals surface area contributed by atoms with E-state index in [0.29, 0.717) is 31.1 Å². The summed E-state index contributed by atoms with van der Waals surface area (Å²) in [5.74, 6) is 0.690. The molecule has 12 heavy (non-hydrogen) atoms. The second-order valence-electron chi connectivity index (χ2n) is 3.32. The Morgan fingerprint density at radius 2 is 2.42 bits per heavy atom. The van der Waals surface area contributed by atoms with Gasteiger partial charge in [0.05, 0.1) is 12.9 Å².